The summed E-state index contributed by atoms with van der Waals surface area (Å²) in [4.78, 5) is 13.1. The molecule has 7 nitrogen and oxygen atoms in total. The summed E-state index contributed by atoms with van der Waals surface area (Å²) in [6.07, 6.45) is 2.95. The Hall–Kier alpha value is -2.05. The van der Waals surface area contributed by atoms with Gasteiger partial charge in [-0.25, -0.2) is 4.79 Å². The molecule has 0 spiro atoms. The number of piperidine rings is 1. The van der Waals surface area contributed by atoms with E-state index in [0.29, 0.717) is 17.7 Å². The molecule has 20 heavy (non-hydrogen) atoms. The average molecular weight is 278 g/mol. The maximum absolute atomic E-state index is 10.9. The van der Waals surface area contributed by atoms with Crippen molar-refractivity contribution in [2.24, 2.45) is 11.8 Å². The zero-order chi connectivity index (χ0) is 14.1. The van der Waals surface area contributed by atoms with Crippen molar-refractivity contribution in [1.82, 2.24) is 15.5 Å². The Labute approximate surface area is 116 Å². The molecule has 1 aromatic heterocycles. The Morgan fingerprint density at radius 2 is 2.15 bits per heavy atom. The number of aromatic nitrogens is 2. The SMILES string of the molecule is COc1cc(N2C[C@H]3CC[C@@H](C2)[C@@H]3NC(=O)O)cnn1. The molecule has 0 aromatic carbocycles. The van der Waals surface area contributed by atoms with Gasteiger partial charge in [-0.3, -0.25) is 0 Å². The molecule has 0 unspecified atom stereocenters. The van der Waals surface area contributed by atoms with Gasteiger partial charge >= 0.3 is 6.09 Å². The smallest absolute Gasteiger partial charge is 0.404 e. The first-order valence-electron chi connectivity index (χ1n) is 6.78. The normalized spacial score (nSPS) is 28.2. The van der Waals surface area contributed by atoms with Crippen LogP contribution in [0.3, 0.4) is 0 Å². The van der Waals surface area contributed by atoms with Crippen molar-refractivity contribution in [3.63, 3.8) is 0 Å². The Kier molecular flexibility index (Phi) is 3.33. The maximum Gasteiger partial charge on any atom is 0.404 e. The van der Waals surface area contributed by atoms with Crippen LogP contribution in [0.15, 0.2) is 12.3 Å². The van der Waals surface area contributed by atoms with E-state index in [1.54, 1.807) is 13.3 Å². The standard InChI is InChI=1S/C13H18N4O3/c1-20-11-4-10(5-14-16-11)17-6-8-2-3-9(7-17)12(8)15-13(18)19/h4-5,8-9,12,15H,2-3,6-7H2,1H3,(H,18,19)/t8-,9+,12-. The zero-order valence-corrected chi connectivity index (χ0v) is 11.3. The summed E-state index contributed by atoms with van der Waals surface area (Å²) in [5.74, 6) is 1.23. The molecular weight excluding hydrogens is 260 g/mol. The number of nitrogens with zero attached hydrogens (tertiary/aromatic N) is 3. The predicted octanol–water partition coefficient (Wildman–Crippen LogP) is 0.968. The molecule has 3 atom stereocenters. The molecule has 1 aromatic rings. The molecule has 0 radical (unpaired) electrons. The van der Waals surface area contributed by atoms with E-state index in [1.807, 2.05) is 6.07 Å². The van der Waals surface area contributed by atoms with E-state index in [0.717, 1.165) is 31.6 Å². The molecule has 2 fully saturated rings. The van der Waals surface area contributed by atoms with Gasteiger partial charge in [0.25, 0.3) is 0 Å². The fourth-order valence-corrected chi connectivity index (χ4v) is 3.42. The van der Waals surface area contributed by atoms with Gasteiger partial charge in [0.1, 0.15) is 0 Å². The number of rotatable bonds is 3. The monoisotopic (exact) mass is 278 g/mol. The van der Waals surface area contributed by atoms with Crippen LogP contribution in [0.4, 0.5) is 10.5 Å². The van der Waals surface area contributed by atoms with Gasteiger partial charge in [0.15, 0.2) is 0 Å². The first-order valence-corrected chi connectivity index (χ1v) is 6.78. The van der Waals surface area contributed by atoms with Gasteiger partial charge in [0, 0.05) is 25.2 Å². The van der Waals surface area contributed by atoms with Gasteiger partial charge in [0.2, 0.25) is 5.88 Å². The fourth-order valence-electron chi connectivity index (χ4n) is 3.42. The minimum Gasteiger partial charge on any atom is -0.480 e. The van der Waals surface area contributed by atoms with Crippen LogP contribution in [-0.2, 0) is 0 Å². The van der Waals surface area contributed by atoms with Crippen LogP contribution in [0, 0.1) is 11.8 Å². The van der Waals surface area contributed by atoms with Crippen molar-refractivity contribution in [2.45, 2.75) is 18.9 Å². The Morgan fingerprint density at radius 3 is 2.75 bits per heavy atom. The molecule has 2 bridgehead atoms. The number of carboxylic acid groups (broad SMARTS) is 1. The van der Waals surface area contributed by atoms with E-state index in [1.165, 1.54) is 0 Å². The lowest BCUT2D eigenvalue weighted by atomic mass is 9.92. The highest BCUT2D eigenvalue weighted by molar-refractivity contribution is 5.65. The second-order valence-corrected chi connectivity index (χ2v) is 5.43. The molecule has 2 heterocycles. The third-order valence-electron chi connectivity index (χ3n) is 4.32. The molecule has 1 aliphatic heterocycles. The van der Waals surface area contributed by atoms with E-state index in [2.05, 4.69) is 20.4 Å². The highest BCUT2D eigenvalue weighted by Crippen LogP contribution is 2.38. The highest BCUT2D eigenvalue weighted by atomic mass is 16.5. The molecular formula is C13H18N4O3. The van der Waals surface area contributed by atoms with Gasteiger partial charge in [-0.15, -0.1) is 5.10 Å². The Bertz CT molecular complexity index is 496. The lowest BCUT2D eigenvalue weighted by molar-refractivity contribution is 0.178. The molecule has 1 saturated heterocycles. The fraction of sp³-hybridized carbons (Fsp3) is 0.615. The van der Waals surface area contributed by atoms with E-state index >= 15 is 0 Å². The number of anilines is 1. The van der Waals surface area contributed by atoms with Crippen molar-refractivity contribution < 1.29 is 14.6 Å². The van der Waals surface area contributed by atoms with Crippen LogP contribution in [0.1, 0.15) is 12.8 Å². The van der Waals surface area contributed by atoms with Gasteiger partial charge in [-0.2, -0.15) is 5.10 Å². The molecule has 2 aliphatic rings. The van der Waals surface area contributed by atoms with Crippen molar-refractivity contribution in [1.29, 1.82) is 0 Å². The zero-order valence-electron chi connectivity index (χ0n) is 11.3. The molecule has 2 N–H and O–H groups in total. The number of fused-ring (bicyclic) bond motifs is 2. The quantitative estimate of drug-likeness (QED) is 0.856. The molecule has 1 aliphatic carbocycles. The number of hydrogen-bond acceptors (Lipinski definition) is 5. The highest BCUT2D eigenvalue weighted by Gasteiger charge is 2.42. The van der Waals surface area contributed by atoms with Crippen molar-refractivity contribution >= 4 is 11.8 Å². The van der Waals surface area contributed by atoms with Crippen LogP contribution < -0.4 is 15.0 Å². The van der Waals surface area contributed by atoms with Gasteiger partial charge in [0.05, 0.1) is 19.0 Å². The number of hydrogen-bond donors (Lipinski definition) is 2. The second-order valence-electron chi connectivity index (χ2n) is 5.43. The van der Waals surface area contributed by atoms with Gasteiger partial charge < -0.3 is 20.1 Å². The predicted molar refractivity (Wildman–Crippen MR) is 72.0 cm³/mol. The van der Waals surface area contributed by atoms with Crippen molar-refractivity contribution in [3.8, 4) is 5.88 Å². The van der Waals surface area contributed by atoms with Crippen molar-refractivity contribution in [2.75, 3.05) is 25.1 Å². The van der Waals surface area contributed by atoms with E-state index < -0.39 is 6.09 Å². The lowest BCUT2D eigenvalue weighted by Crippen LogP contribution is -2.52. The van der Waals surface area contributed by atoms with Gasteiger partial charge in [-0.05, 0) is 24.7 Å². The van der Waals surface area contributed by atoms with E-state index in [-0.39, 0.29) is 6.04 Å². The Balaban J connectivity index is 1.74. The first-order chi connectivity index (χ1) is 9.67. The van der Waals surface area contributed by atoms with E-state index in [4.69, 9.17) is 9.84 Å². The average Bonchev–Trinajstić information content (AvgIpc) is 2.69. The van der Waals surface area contributed by atoms with E-state index in [9.17, 15) is 4.79 Å². The summed E-state index contributed by atoms with van der Waals surface area (Å²) >= 11 is 0. The van der Waals surface area contributed by atoms with Crippen LogP contribution in [-0.4, -0.2) is 47.6 Å². The van der Waals surface area contributed by atoms with Crippen LogP contribution in [0.2, 0.25) is 0 Å². The Morgan fingerprint density at radius 1 is 1.45 bits per heavy atom. The minimum atomic E-state index is -0.924. The third-order valence-corrected chi connectivity index (χ3v) is 4.32. The molecule has 1 amide bonds. The number of ether oxygens (including phenoxy) is 1. The second kappa shape index (κ2) is 5.15. The summed E-state index contributed by atoms with van der Waals surface area (Å²) in [7, 11) is 1.57. The summed E-state index contributed by atoms with van der Waals surface area (Å²) in [5, 5.41) is 19.4. The number of amides is 1. The molecule has 3 rings (SSSR count). The van der Waals surface area contributed by atoms with Crippen LogP contribution >= 0.6 is 0 Å². The first kappa shape index (κ1) is 13.0. The summed E-state index contributed by atoms with van der Waals surface area (Å²) < 4.78 is 5.10. The number of carbonyl (C=O) groups is 1. The topological polar surface area (TPSA) is 87.6 Å². The van der Waals surface area contributed by atoms with Crippen LogP contribution in [0.25, 0.3) is 0 Å². The summed E-state index contributed by atoms with van der Waals surface area (Å²) in [6.45, 7) is 1.69. The van der Waals surface area contributed by atoms with Gasteiger partial charge in [-0.1, -0.05) is 0 Å². The maximum atomic E-state index is 10.9. The largest absolute Gasteiger partial charge is 0.480 e. The lowest BCUT2D eigenvalue weighted by Gasteiger charge is -2.38. The molecule has 108 valence electrons. The summed E-state index contributed by atoms with van der Waals surface area (Å²) in [5.41, 5.74) is 0.988. The van der Waals surface area contributed by atoms with Crippen LogP contribution in [0.5, 0.6) is 5.88 Å². The summed E-state index contributed by atoms with van der Waals surface area (Å²) in [6, 6.07) is 1.96. The number of methoxy groups -OCH3 is 1. The minimum absolute atomic E-state index is 0.0837. The third kappa shape index (κ3) is 2.35. The molecule has 1 saturated carbocycles. The number of nitrogens with one attached hydrogen (secondary N) is 1. The molecule has 7 heteroatoms. The van der Waals surface area contributed by atoms with Crippen molar-refractivity contribution in [3.05, 3.63) is 12.3 Å².